The van der Waals surface area contributed by atoms with E-state index in [1.807, 2.05) is 12.1 Å². The fourth-order valence-corrected chi connectivity index (χ4v) is 3.36. The van der Waals surface area contributed by atoms with E-state index in [-0.39, 0.29) is 11.8 Å². The Morgan fingerprint density at radius 3 is 2.38 bits per heavy atom. The van der Waals surface area contributed by atoms with E-state index < -0.39 is 0 Å². The molecule has 0 unspecified atom stereocenters. The van der Waals surface area contributed by atoms with Crippen LogP contribution in [0.15, 0.2) is 30.3 Å². The summed E-state index contributed by atoms with van der Waals surface area (Å²) in [6, 6.07) is 9.88. The molecule has 0 bridgehead atoms. The Kier molecular flexibility index (Phi) is 4.34. The Balaban J connectivity index is 2.28. The van der Waals surface area contributed by atoms with Gasteiger partial charge in [-0.1, -0.05) is 24.3 Å². The molecule has 0 aromatic heterocycles. The Morgan fingerprint density at radius 2 is 1.75 bits per heavy atom. The average molecular weight is 327 g/mol. The molecule has 3 rings (SSSR count). The first-order chi connectivity index (χ1) is 11.6. The van der Waals surface area contributed by atoms with Crippen molar-refractivity contribution in [1.82, 2.24) is 0 Å². The van der Waals surface area contributed by atoms with Crippen molar-refractivity contribution in [2.75, 3.05) is 26.6 Å². The van der Waals surface area contributed by atoms with Crippen LogP contribution in [0.1, 0.15) is 29.0 Å². The molecule has 1 amide bonds. The summed E-state index contributed by atoms with van der Waals surface area (Å²) < 4.78 is 16.5. The van der Waals surface area contributed by atoms with Gasteiger partial charge in [0.15, 0.2) is 11.5 Å². The zero-order valence-corrected chi connectivity index (χ0v) is 14.3. The first-order valence-electron chi connectivity index (χ1n) is 7.79. The molecule has 0 spiro atoms. The molecule has 0 saturated carbocycles. The molecule has 5 heteroatoms. The lowest BCUT2D eigenvalue weighted by atomic mass is 9.82. The summed E-state index contributed by atoms with van der Waals surface area (Å²) in [6.07, 6.45) is 0.365. The summed E-state index contributed by atoms with van der Waals surface area (Å²) in [5.41, 5.74) is 3.87. The van der Waals surface area contributed by atoms with E-state index in [2.05, 4.69) is 24.4 Å². The van der Waals surface area contributed by atoms with E-state index in [1.165, 1.54) is 0 Å². The summed E-state index contributed by atoms with van der Waals surface area (Å²) in [7, 11) is 4.74. The predicted octanol–water partition coefficient (Wildman–Crippen LogP) is 3.49. The van der Waals surface area contributed by atoms with Gasteiger partial charge in [0, 0.05) is 24.0 Å². The number of carbonyl (C=O) groups is 1. The van der Waals surface area contributed by atoms with Gasteiger partial charge in [0.2, 0.25) is 11.7 Å². The van der Waals surface area contributed by atoms with Crippen molar-refractivity contribution in [2.24, 2.45) is 0 Å². The highest BCUT2D eigenvalue weighted by Crippen LogP contribution is 2.51. The Labute approximate surface area is 141 Å². The molecule has 0 saturated heterocycles. The zero-order valence-electron chi connectivity index (χ0n) is 14.3. The molecule has 5 nitrogen and oxygen atoms in total. The fourth-order valence-electron chi connectivity index (χ4n) is 3.36. The maximum absolute atomic E-state index is 12.3. The summed E-state index contributed by atoms with van der Waals surface area (Å²) in [4.78, 5) is 12.3. The van der Waals surface area contributed by atoms with Gasteiger partial charge in [-0.25, -0.2) is 0 Å². The number of anilines is 1. The number of fused-ring (bicyclic) bond motifs is 1. The van der Waals surface area contributed by atoms with Crippen molar-refractivity contribution >= 4 is 11.6 Å². The molecule has 2 aromatic rings. The minimum absolute atomic E-state index is 0.0231. The molecular formula is C19H21NO4. The lowest BCUT2D eigenvalue weighted by Gasteiger charge is -2.30. The third-order valence-electron chi connectivity index (χ3n) is 4.44. The predicted molar refractivity (Wildman–Crippen MR) is 92.4 cm³/mol. The number of hydrogen-bond acceptors (Lipinski definition) is 4. The van der Waals surface area contributed by atoms with Gasteiger partial charge in [0.25, 0.3) is 0 Å². The standard InChI is InChI=1S/C19H21NO4/c1-11-7-5-6-8-12(11)13-9-16(21)20-14-10-15(22-2)18(23-3)19(24-4)17(13)14/h5-8,10,13H,9H2,1-4H3,(H,20,21)/t13-/m1/s1. The van der Waals surface area contributed by atoms with Crippen LogP contribution >= 0.6 is 0 Å². The molecule has 0 radical (unpaired) electrons. The van der Waals surface area contributed by atoms with E-state index >= 15 is 0 Å². The number of methoxy groups -OCH3 is 3. The highest BCUT2D eigenvalue weighted by atomic mass is 16.5. The number of benzene rings is 2. The fraction of sp³-hybridized carbons (Fsp3) is 0.316. The minimum Gasteiger partial charge on any atom is -0.493 e. The van der Waals surface area contributed by atoms with Crippen LogP contribution in [0.3, 0.4) is 0 Å². The molecule has 0 fully saturated rings. The van der Waals surface area contributed by atoms with Crippen LogP contribution < -0.4 is 19.5 Å². The Hall–Kier alpha value is -2.69. The first kappa shape index (κ1) is 16.2. The number of amides is 1. The van der Waals surface area contributed by atoms with Crippen molar-refractivity contribution in [3.63, 3.8) is 0 Å². The van der Waals surface area contributed by atoms with E-state index in [4.69, 9.17) is 14.2 Å². The van der Waals surface area contributed by atoms with Crippen molar-refractivity contribution in [2.45, 2.75) is 19.3 Å². The van der Waals surface area contributed by atoms with Crippen LogP contribution in [0, 0.1) is 6.92 Å². The third kappa shape index (κ3) is 2.56. The van der Waals surface area contributed by atoms with Crippen LogP contribution in [0.5, 0.6) is 17.2 Å². The van der Waals surface area contributed by atoms with Gasteiger partial charge in [-0.3, -0.25) is 4.79 Å². The van der Waals surface area contributed by atoms with Gasteiger partial charge >= 0.3 is 0 Å². The normalized spacial score (nSPS) is 16.2. The second kappa shape index (κ2) is 6.43. The molecule has 1 aliphatic heterocycles. The third-order valence-corrected chi connectivity index (χ3v) is 4.44. The number of carbonyl (C=O) groups excluding carboxylic acids is 1. The van der Waals surface area contributed by atoms with Crippen molar-refractivity contribution < 1.29 is 19.0 Å². The number of rotatable bonds is 4. The van der Waals surface area contributed by atoms with Crippen molar-refractivity contribution in [3.05, 3.63) is 47.0 Å². The maximum atomic E-state index is 12.3. The number of nitrogens with one attached hydrogen (secondary N) is 1. The molecule has 0 aliphatic carbocycles. The monoisotopic (exact) mass is 327 g/mol. The van der Waals surface area contributed by atoms with Gasteiger partial charge in [-0.05, 0) is 18.1 Å². The van der Waals surface area contributed by atoms with Gasteiger partial charge < -0.3 is 19.5 Å². The number of ether oxygens (including phenoxy) is 3. The van der Waals surface area contributed by atoms with Gasteiger partial charge in [0.1, 0.15) is 0 Å². The molecule has 2 aromatic carbocycles. The lowest BCUT2D eigenvalue weighted by molar-refractivity contribution is -0.116. The summed E-state index contributed by atoms with van der Waals surface area (Å²) in [5, 5.41) is 2.93. The first-order valence-corrected chi connectivity index (χ1v) is 7.79. The lowest BCUT2D eigenvalue weighted by Crippen LogP contribution is -2.24. The van der Waals surface area contributed by atoms with Crippen molar-refractivity contribution in [3.8, 4) is 17.2 Å². The molecule has 126 valence electrons. The average Bonchev–Trinajstić information content (AvgIpc) is 2.59. The second-order valence-electron chi connectivity index (χ2n) is 5.77. The quantitative estimate of drug-likeness (QED) is 0.934. The summed E-state index contributed by atoms with van der Waals surface area (Å²) in [5.74, 6) is 1.54. The molecule has 1 heterocycles. The molecule has 1 aliphatic rings. The maximum Gasteiger partial charge on any atom is 0.225 e. The van der Waals surface area contributed by atoms with Crippen LogP contribution in [-0.4, -0.2) is 27.2 Å². The number of aryl methyl sites for hydroxylation is 1. The molecule has 1 N–H and O–H groups in total. The topological polar surface area (TPSA) is 56.8 Å². The Morgan fingerprint density at radius 1 is 1.04 bits per heavy atom. The van der Waals surface area contributed by atoms with E-state index in [0.717, 1.165) is 16.7 Å². The van der Waals surface area contributed by atoms with Crippen LogP contribution in [-0.2, 0) is 4.79 Å². The second-order valence-corrected chi connectivity index (χ2v) is 5.77. The summed E-state index contributed by atoms with van der Waals surface area (Å²) >= 11 is 0. The number of hydrogen-bond donors (Lipinski definition) is 1. The smallest absolute Gasteiger partial charge is 0.225 e. The van der Waals surface area contributed by atoms with E-state index in [0.29, 0.717) is 29.4 Å². The molecular weight excluding hydrogens is 306 g/mol. The van der Waals surface area contributed by atoms with Gasteiger partial charge in [0.05, 0.1) is 27.0 Å². The highest BCUT2D eigenvalue weighted by Gasteiger charge is 2.33. The Bertz CT molecular complexity index is 785. The van der Waals surface area contributed by atoms with Crippen LogP contribution in [0.25, 0.3) is 0 Å². The molecule has 24 heavy (non-hydrogen) atoms. The van der Waals surface area contributed by atoms with E-state index in [1.54, 1.807) is 27.4 Å². The largest absolute Gasteiger partial charge is 0.493 e. The summed E-state index contributed by atoms with van der Waals surface area (Å²) in [6.45, 7) is 2.05. The van der Waals surface area contributed by atoms with Crippen LogP contribution in [0.2, 0.25) is 0 Å². The highest BCUT2D eigenvalue weighted by molar-refractivity contribution is 5.97. The van der Waals surface area contributed by atoms with Crippen molar-refractivity contribution in [1.29, 1.82) is 0 Å². The van der Waals surface area contributed by atoms with Crippen LogP contribution in [0.4, 0.5) is 5.69 Å². The van der Waals surface area contributed by atoms with Gasteiger partial charge in [-0.15, -0.1) is 0 Å². The zero-order chi connectivity index (χ0) is 17.3. The van der Waals surface area contributed by atoms with E-state index in [9.17, 15) is 4.79 Å². The van der Waals surface area contributed by atoms with Gasteiger partial charge in [-0.2, -0.15) is 0 Å². The molecule has 1 atom stereocenters. The minimum atomic E-state index is -0.0929. The SMILES string of the molecule is COc1cc2c(c(OC)c1OC)[C@@H](c1ccccc1C)CC(=O)N2.